The summed E-state index contributed by atoms with van der Waals surface area (Å²) in [4.78, 5) is 4.71. The van der Waals surface area contributed by atoms with E-state index in [0.717, 1.165) is 44.7 Å². The van der Waals surface area contributed by atoms with Crippen molar-refractivity contribution in [2.24, 2.45) is 0 Å². The molecule has 5 aromatic carbocycles. The normalized spacial score (nSPS) is 11.6. The van der Waals surface area contributed by atoms with Gasteiger partial charge in [0.15, 0.2) is 0 Å². The van der Waals surface area contributed by atoms with Crippen LogP contribution in [0.2, 0.25) is 0 Å². The first-order chi connectivity index (χ1) is 19.4. The lowest BCUT2D eigenvalue weighted by Crippen LogP contribution is -1.97. The Hall–Kier alpha value is -5.28. The Morgan fingerprint density at radius 2 is 1.26 bits per heavy atom. The van der Waals surface area contributed by atoms with Crippen LogP contribution in [0.5, 0.6) is 0 Å². The highest BCUT2D eigenvalue weighted by Gasteiger charge is 2.22. The molecule has 0 saturated carbocycles. The Labute approximate surface area is 225 Å². The van der Waals surface area contributed by atoms with Crippen molar-refractivity contribution in [2.75, 3.05) is 0 Å². The molecule has 0 bridgehead atoms. The van der Waals surface area contributed by atoms with Crippen LogP contribution in [0, 0.1) is 0 Å². The predicted molar refractivity (Wildman–Crippen MR) is 162 cm³/mol. The van der Waals surface area contributed by atoms with Gasteiger partial charge in [-0.25, -0.2) is 4.52 Å². The van der Waals surface area contributed by atoms with Gasteiger partial charge in [-0.15, -0.1) is 0 Å². The third kappa shape index (κ3) is 3.37. The van der Waals surface area contributed by atoms with E-state index < -0.39 is 0 Å². The van der Waals surface area contributed by atoms with Gasteiger partial charge < -0.3 is 0 Å². The van der Waals surface area contributed by atoms with E-state index >= 15 is 0 Å². The number of rotatable bonds is 3. The van der Waals surface area contributed by atoms with Crippen LogP contribution in [-0.2, 0) is 0 Å². The molecule has 0 aliphatic heterocycles. The van der Waals surface area contributed by atoms with Gasteiger partial charge in [-0.1, -0.05) is 115 Å². The Morgan fingerprint density at radius 1 is 0.513 bits per heavy atom. The standard InChI is InChI=1S/C36H23N3/c1-2-12-25(13-3-1)34-35(31-18-10-17-29-27-15-6-4-11-24(27)20-21-30(29)31)38-39-33(32-19-8-9-22-37-32)23-26-14-5-7-16-28(26)36(34)39/h1-23H. The Kier molecular flexibility index (Phi) is 4.82. The molecular formula is C36H23N3. The molecule has 0 aliphatic carbocycles. The predicted octanol–water partition coefficient (Wildman–Crippen LogP) is 9.19. The lowest BCUT2D eigenvalue weighted by molar-refractivity contribution is 0.973. The molecule has 0 fully saturated rings. The van der Waals surface area contributed by atoms with Crippen LogP contribution in [-0.4, -0.2) is 14.6 Å². The average molecular weight is 498 g/mol. The fraction of sp³-hybridized carbons (Fsp3) is 0. The van der Waals surface area contributed by atoms with E-state index in [9.17, 15) is 0 Å². The van der Waals surface area contributed by atoms with Crippen molar-refractivity contribution in [1.82, 2.24) is 14.6 Å². The summed E-state index contributed by atoms with van der Waals surface area (Å²) in [7, 11) is 0. The van der Waals surface area contributed by atoms with Crippen LogP contribution in [0.25, 0.3) is 71.6 Å². The van der Waals surface area contributed by atoms with Crippen molar-refractivity contribution in [3.05, 3.63) is 140 Å². The minimum Gasteiger partial charge on any atom is -0.255 e. The molecule has 39 heavy (non-hydrogen) atoms. The SMILES string of the molecule is c1ccc(-c2c(-c3cccc4c3ccc3ccccc34)nn3c(-c4ccccn4)cc4ccccc4c23)cc1. The lowest BCUT2D eigenvalue weighted by atomic mass is 9.93. The first-order valence-electron chi connectivity index (χ1n) is 13.2. The van der Waals surface area contributed by atoms with Crippen LogP contribution in [0.3, 0.4) is 0 Å². The van der Waals surface area contributed by atoms with Gasteiger partial charge in [0.1, 0.15) is 5.69 Å². The smallest absolute Gasteiger partial charge is 0.102 e. The number of nitrogens with zero attached hydrogens (tertiary/aromatic N) is 3. The molecule has 0 unspecified atom stereocenters. The molecule has 3 heterocycles. The fourth-order valence-corrected chi connectivity index (χ4v) is 5.90. The van der Waals surface area contributed by atoms with Crippen molar-refractivity contribution < 1.29 is 0 Å². The number of benzene rings is 5. The van der Waals surface area contributed by atoms with Crippen LogP contribution >= 0.6 is 0 Å². The number of fused-ring (bicyclic) bond motifs is 6. The molecule has 0 saturated heterocycles. The van der Waals surface area contributed by atoms with Crippen molar-refractivity contribution >= 4 is 37.8 Å². The molecule has 0 atom stereocenters. The molecule has 8 aromatic rings. The highest BCUT2D eigenvalue weighted by molar-refractivity contribution is 6.15. The van der Waals surface area contributed by atoms with Crippen LogP contribution in [0.4, 0.5) is 0 Å². The molecular weight excluding hydrogens is 474 g/mol. The highest BCUT2D eigenvalue weighted by atomic mass is 15.2. The van der Waals surface area contributed by atoms with Gasteiger partial charge in [-0.3, -0.25) is 4.98 Å². The molecule has 3 heteroatoms. The summed E-state index contributed by atoms with van der Waals surface area (Å²) in [6.07, 6.45) is 1.84. The van der Waals surface area contributed by atoms with E-state index in [1.807, 2.05) is 18.3 Å². The van der Waals surface area contributed by atoms with E-state index in [4.69, 9.17) is 10.1 Å². The van der Waals surface area contributed by atoms with E-state index in [-0.39, 0.29) is 0 Å². The van der Waals surface area contributed by atoms with Crippen LogP contribution in [0.15, 0.2) is 140 Å². The molecule has 0 spiro atoms. The number of pyridine rings is 2. The molecule has 3 nitrogen and oxygen atoms in total. The zero-order valence-electron chi connectivity index (χ0n) is 21.1. The number of hydrogen-bond acceptors (Lipinski definition) is 2. The third-order valence-electron chi connectivity index (χ3n) is 7.65. The monoisotopic (exact) mass is 497 g/mol. The summed E-state index contributed by atoms with van der Waals surface area (Å²) in [5.74, 6) is 0. The van der Waals surface area contributed by atoms with E-state index in [2.05, 4.69) is 126 Å². The maximum atomic E-state index is 5.39. The first-order valence-corrected chi connectivity index (χ1v) is 13.2. The summed E-state index contributed by atoms with van der Waals surface area (Å²) in [6.45, 7) is 0. The molecule has 182 valence electrons. The van der Waals surface area contributed by atoms with Gasteiger partial charge in [0.2, 0.25) is 0 Å². The van der Waals surface area contributed by atoms with Gasteiger partial charge in [0.05, 0.1) is 16.9 Å². The highest BCUT2D eigenvalue weighted by Crippen LogP contribution is 2.43. The van der Waals surface area contributed by atoms with Gasteiger partial charge in [0.25, 0.3) is 0 Å². The molecule has 3 aromatic heterocycles. The molecule has 0 amide bonds. The first kappa shape index (κ1) is 21.8. The van der Waals surface area contributed by atoms with Crippen molar-refractivity contribution in [3.63, 3.8) is 0 Å². The number of hydrogen-bond donors (Lipinski definition) is 0. The summed E-state index contributed by atoms with van der Waals surface area (Å²) < 4.78 is 2.10. The molecule has 0 N–H and O–H groups in total. The third-order valence-corrected chi connectivity index (χ3v) is 7.65. The Bertz CT molecular complexity index is 2160. The van der Waals surface area contributed by atoms with E-state index in [1.165, 1.54) is 26.9 Å². The Balaban J connectivity index is 1.56. The number of aromatic nitrogens is 3. The minimum atomic E-state index is 0.894. The average Bonchev–Trinajstić information content (AvgIpc) is 3.42. The summed E-state index contributed by atoms with van der Waals surface area (Å²) in [6, 6.07) is 47.1. The maximum Gasteiger partial charge on any atom is 0.102 e. The molecule has 0 radical (unpaired) electrons. The van der Waals surface area contributed by atoms with Gasteiger partial charge in [-0.05, 0) is 50.7 Å². The summed E-state index contributed by atoms with van der Waals surface area (Å²) in [5.41, 5.74) is 7.32. The van der Waals surface area contributed by atoms with Crippen molar-refractivity contribution in [2.45, 2.75) is 0 Å². The van der Waals surface area contributed by atoms with E-state index in [0.29, 0.717) is 0 Å². The zero-order chi connectivity index (χ0) is 25.8. The Morgan fingerprint density at radius 3 is 2.10 bits per heavy atom. The van der Waals surface area contributed by atoms with Crippen LogP contribution < -0.4 is 0 Å². The minimum absolute atomic E-state index is 0.894. The summed E-state index contributed by atoms with van der Waals surface area (Å²) >= 11 is 0. The van der Waals surface area contributed by atoms with Gasteiger partial charge >= 0.3 is 0 Å². The second kappa shape index (κ2) is 8.64. The van der Waals surface area contributed by atoms with Gasteiger partial charge in [-0.2, -0.15) is 5.10 Å². The zero-order valence-corrected chi connectivity index (χ0v) is 21.1. The molecule has 8 rings (SSSR count). The molecule has 0 aliphatic rings. The summed E-state index contributed by atoms with van der Waals surface area (Å²) in [5, 5.41) is 12.6. The second-order valence-corrected chi connectivity index (χ2v) is 9.87. The van der Waals surface area contributed by atoms with Gasteiger partial charge in [0, 0.05) is 22.7 Å². The van der Waals surface area contributed by atoms with Crippen molar-refractivity contribution in [1.29, 1.82) is 0 Å². The second-order valence-electron chi connectivity index (χ2n) is 9.87. The maximum absolute atomic E-state index is 5.39. The topological polar surface area (TPSA) is 30.2 Å². The van der Waals surface area contributed by atoms with Crippen LogP contribution in [0.1, 0.15) is 0 Å². The fourth-order valence-electron chi connectivity index (χ4n) is 5.90. The quantitative estimate of drug-likeness (QED) is 0.228. The van der Waals surface area contributed by atoms with Crippen molar-refractivity contribution in [3.8, 4) is 33.8 Å². The largest absolute Gasteiger partial charge is 0.255 e. The lowest BCUT2D eigenvalue weighted by Gasteiger charge is -2.11. The van der Waals surface area contributed by atoms with E-state index in [1.54, 1.807) is 0 Å².